The Hall–Kier alpha value is -0.120. The highest BCUT2D eigenvalue weighted by atomic mass is 15.3. The average molecular weight is 225 g/mol. The molecular formula is C13H27N3. The molecule has 94 valence electrons. The van der Waals surface area contributed by atoms with E-state index in [-0.39, 0.29) is 0 Å². The van der Waals surface area contributed by atoms with Crippen molar-refractivity contribution < 1.29 is 0 Å². The molecule has 0 bridgehead atoms. The molecule has 0 radical (unpaired) electrons. The van der Waals surface area contributed by atoms with Crippen LogP contribution in [-0.4, -0.2) is 54.6 Å². The van der Waals surface area contributed by atoms with Crippen LogP contribution in [0.4, 0.5) is 0 Å². The monoisotopic (exact) mass is 225 g/mol. The molecule has 1 heterocycles. The number of piperazine rings is 1. The maximum Gasteiger partial charge on any atom is 0.0216 e. The van der Waals surface area contributed by atoms with Gasteiger partial charge in [-0.15, -0.1) is 0 Å². The van der Waals surface area contributed by atoms with Crippen LogP contribution in [0.3, 0.4) is 0 Å². The van der Waals surface area contributed by atoms with Crippen molar-refractivity contribution in [1.29, 1.82) is 0 Å². The summed E-state index contributed by atoms with van der Waals surface area (Å²) in [5.74, 6) is 0. The van der Waals surface area contributed by atoms with Crippen LogP contribution in [0.15, 0.2) is 0 Å². The fourth-order valence-corrected chi connectivity index (χ4v) is 3.31. The summed E-state index contributed by atoms with van der Waals surface area (Å²) in [7, 11) is 0. The SMILES string of the molecule is CCC(CN)N1CCN(C2CCCC2)CC1. The van der Waals surface area contributed by atoms with Gasteiger partial charge in [0.25, 0.3) is 0 Å². The molecule has 0 spiro atoms. The van der Waals surface area contributed by atoms with Crippen LogP contribution in [0.1, 0.15) is 39.0 Å². The zero-order valence-corrected chi connectivity index (χ0v) is 10.7. The Labute approximate surface area is 100.0 Å². The van der Waals surface area contributed by atoms with Gasteiger partial charge in [-0.1, -0.05) is 19.8 Å². The second-order valence-corrected chi connectivity index (χ2v) is 5.31. The molecule has 1 aliphatic heterocycles. The van der Waals surface area contributed by atoms with E-state index in [2.05, 4.69) is 16.7 Å². The summed E-state index contributed by atoms with van der Waals surface area (Å²) in [5, 5.41) is 0. The minimum atomic E-state index is 0.616. The average Bonchev–Trinajstić information content (AvgIpc) is 2.85. The summed E-state index contributed by atoms with van der Waals surface area (Å²) in [6, 6.07) is 1.52. The fraction of sp³-hybridized carbons (Fsp3) is 1.00. The Kier molecular flexibility index (Phi) is 4.62. The molecule has 1 unspecified atom stereocenters. The lowest BCUT2D eigenvalue weighted by Crippen LogP contribution is -2.54. The van der Waals surface area contributed by atoms with Crippen LogP contribution in [0.5, 0.6) is 0 Å². The molecule has 16 heavy (non-hydrogen) atoms. The van der Waals surface area contributed by atoms with Crippen molar-refractivity contribution in [2.75, 3.05) is 32.7 Å². The molecule has 1 aliphatic carbocycles. The topological polar surface area (TPSA) is 32.5 Å². The Bertz CT molecular complexity index is 179. The van der Waals surface area contributed by atoms with Gasteiger partial charge in [-0.25, -0.2) is 0 Å². The molecule has 1 saturated heterocycles. The maximum absolute atomic E-state index is 5.82. The van der Waals surface area contributed by atoms with Gasteiger partial charge in [0.1, 0.15) is 0 Å². The fourth-order valence-electron chi connectivity index (χ4n) is 3.31. The Morgan fingerprint density at radius 3 is 2.25 bits per heavy atom. The summed E-state index contributed by atoms with van der Waals surface area (Å²) < 4.78 is 0. The number of hydrogen-bond acceptors (Lipinski definition) is 3. The second-order valence-electron chi connectivity index (χ2n) is 5.31. The van der Waals surface area contributed by atoms with Crippen molar-refractivity contribution in [3.8, 4) is 0 Å². The van der Waals surface area contributed by atoms with Crippen molar-refractivity contribution >= 4 is 0 Å². The standard InChI is InChI=1S/C13H27N3/c1-2-12(11-14)15-7-9-16(10-8-15)13-5-3-4-6-13/h12-13H,2-11,14H2,1H3. The number of nitrogens with two attached hydrogens (primary N) is 1. The predicted molar refractivity (Wildman–Crippen MR) is 68.5 cm³/mol. The van der Waals surface area contributed by atoms with Gasteiger partial charge in [-0.2, -0.15) is 0 Å². The van der Waals surface area contributed by atoms with Gasteiger partial charge in [0, 0.05) is 44.8 Å². The van der Waals surface area contributed by atoms with Gasteiger partial charge in [-0.3, -0.25) is 9.80 Å². The largest absolute Gasteiger partial charge is 0.329 e. The number of rotatable bonds is 4. The van der Waals surface area contributed by atoms with Gasteiger partial charge in [0.15, 0.2) is 0 Å². The van der Waals surface area contributed by atoms with Crippen molar-refractivity contribution in [2.45, 2.75) is 51.1 Å². The first-order valence-electron chi connectivity index (χ1n) is 7.03. The third-order valence-electron chi connectivity index (χ3n) is 4.45. The molecule has 1 atom stereocenters. The van der Waals surface area contributed by atoms with Crippen molar-refractivity contribution in [1.82, 2.24) is 9.80 Å². The smallest absolute Gasteiger partial charge is 0.0216 e. The predicted octanol–water partition coefficient (Wildman–Crippen LogP) is 1.28. The summed E-state index contributed by atoms with van der Waals surface area (Å²) >= 11 is 0. The van der Waals surface area contributed by atoms with E-state index in [1.807, 2.05) is 0 Å². The van der Waals surface area contributed by atoms with E-state index in [0.29, 0.717) is 6.04 Å². The van der Waals surface area contributed by atoms with Gasteiger partial charge in [0.2, 0.25) is 0 Å². The third-order valence-corrected chi connectivity index (χ3v) is 4.45. The second kappa shape index (κ2) is 5.99. The first kappa shape index (κ1) is 12.3. The van der Waals surface area contributed by atoms with E-state index < -0.39 is 0 Å². The van der Waals surface area contributed by atoms with Gasteiger partial charge in [-0.05, 0) is 19.3 Å². The van der Waals surface area contributed by atoms with Gasteiger partial charge in [0.05, 0.1) is 0 Å². The van der Waals surface area contributed by atoms with Crippen LogP contribution in [0.2, 0.25) is 0 Å². The lowest BCUT2D eigenvalue weighted by molar-refractivity contribution is 0.0713. The minimum absolute atomic E-state index is 0.616. The molecule has 2 aliphatic rings. The van der Waals surface area contributed by atoms with E-state index in [1.54, 1.807) is 0 Å². The quantitative estimate of drug-likeness (QED) is 0.782. The summed E-state index contributed by atoms with van der Waals surface area (Å²) in [5.41, 5.74) is 5.82. The maximum atomic E-state index is 5.82. The number of hydrogen-bond donors (Lipinski definition) is 1. The highest BCUT2D eigenvalue weighted by molar-refractivity contribution is 4.84. The van der Waals surface area contributed by atoms with Crippen LogP contribution in [0, 0.1) is 0 Å². The lowest BCUT2D eigenvalue weighted by atomic mass is 10.1. The van der Waals surface area contributed by atoms with Crippen LogP contribution >= 0.6 is 0 Å². The Balaban J connectivity index is 1.77. The molecule has 3 heteroatoms. The van der Waals surface area contributed by atoms with Gasteiger partial charge >= 0.3 is 0 Å². The van der Waals surface area contributed by atoms with Gasteiger partial charge < -0.3 is 5.73 Å². The van der Waals surface area contributed by atoms with E-state index in [1.165, 1.54) is 58.3 Å². The molecular weight excluding hydrogens is 198 g/mol. The molecule has 2 rings (SSSR count). The molecule has 0 aromatic carbocycles. The highest BCUT2D eigenvalue weighted by Crippen LogP contribution is 2.24. The molecule has 3 nitrogen and oxygen atoms in total. The van der Waals surface area contributed by atoms with Crippen LogP contribution in [0.25, 0.3) is 0 Å². The van der Waals surface area contributed by atoms with Crippen molar-refractivity contribution in [2.24, 2.45) is 5.73 Å². The van der Waals surface area contributed by atoms with Crippen LogP contribution in [-0.2, 0) is 0 Å². The molecule has 0 amide bonds. The molecule has 2 N–H and O–H groups in total. The summed E-state index contributed by atoms with van der Waals surface area (Å²) in [6.45, 7) is 8.06. The van der Waals surface area contributed by atoms with E-state index in [9.17, 15) is 0 Å². The normalized spacial score (nSPS) is 27.4. The zero-order chi connectivity index (χ0) is 11.4. The van der Waals surface area contributed by atoms with E-state index >= 15 is 0 Å². The summed E-state index contributed by atoms with van der Waals surface area (Å²) in [4.78, 5) is 5.30. The Morgan fingerprint density at radius 2 is 1.75 bits per heavy atom. The molecule has 1 saturated carbocycles. The molecule has 0 aromatic rings. The molecule has 0 aromatic heterocycles. The first-order chi connectivity index (χ1) is 7.85. The minimum Gasteiger partial charge on any atom is -0.329 e. The summed E-state index contributed by atoms with van der Waals surface area (Å²) in [6.07, 6.45) is 6.97. The lowest BCUT2D eigenvalue weighted by Gasteiger charge is -2.41. The third kappa shape index (κ3) is 2.76. The van der Waals surface area contributed by atoms with Crippen LogP contribution < -0.4 is 5.73 Å². The molecule has 2 fully saturated rings. The van der Waals surface area contributed by atoms with Crippen molar-refractivity contribution in [3.63, 3.8) is 0 Å². The van der Waals surface area contributed by atoms with E-state index in [4.69, 9.17) is 5.73 Å². The Morgan fingerprint density at radius 1 is 1.12 bits per heavy atom. The first-order valence-corrected chi connectivity index (χ1v) is 7.03. The zero-order valence-electron chi connectivity index (χ0n) is 10.7. The number of nitrogens with zero attached hydrogens (tertiary/aromatic N) is 2. The highest BCUT2D eigenvalue weighted by Gasteiger charge is 2.27. The van der Waals surface area contributed by atoms with E-state index in [0.717, 1.165) is 12.6 Å². The van der Waals surface area contributed by atoms with Crippen molar-refractivity contribution in [3.05, 3.63) is 0 Å².